The minimum atomic E-state index is -1.13. The van der Waals surface area contributed by atoms with Crippen molar-refractivity contribution in [2.75, 3.05) is 17.7 Å². The van der Waals surface area contributed by atoms with Gasteiger partial charge in [0.25, 0.3) is 0 Å². The van der Waals surface area contributed by atoms with Crippen LogP contribution < -0.4 is 15.4 Å². The molecule has 2 aromatic rings. The van der Waals surface area contributed by atoms with Crippen LogP contribution in [0.4, 0.5) is 15.8 Å². The maximum absolute atomic E-state index is 13.0. The fourth-order valence-electron chi connectivity index (χ4n) is 2.64. The molecule has 2 aromatic carbocycles. The molecule has 3 rings (SSSR count). The Kier molecular flexibility index (Phi) is 4.87. The number of halogens is 2. The maximum Gasteiger partial charge on any atom is 0.240 e. The molecule has 1 aliphatic rings. The lowest BCUT2D eigenvalue weighted by atomic mass is 10.0. The zero-order valence-corrected chi connectivity index (χ0v) is 15.1. The molecule has 0 atom stereocenters. The molecule has 0 spiro atoms. The van der Waals surface area contributed by atoms with Gasteiger partial charge in [0, 0.05) is 16.8 Å². The maximum atomic E-state index is 13.0. The molecule has 136 valence electrons. The van der Waals surface area contributed by atoms with E-state index < -0.39 is 23.0 Å². The van der Waals surface area contributed by atoms with E-state index in [4.69, 9.17) is 16.3 Å². The van der Waals surface area contributed by atoms with Gasteiger partial charge in [0.1, 0.15) is 17.0 Å². The van der Waals surface area contributed by atoms with Gasteiger partial charge in [-0.25, -0.2) is 4.39 Å². The van der Waals surface area contributed by atoms with Gasteiger partial charge in [-0.1, -0.05) is 11.6 Å². The average Bonchev–Trinajstić information content (AvgIpc) is 3.42. The molecule has 0 aromatic heterocycles. The molecule has 2 amide bonds. The Balaban J connectivity index is 1.76. The molecule has 1 saturated carbocycles. The molecule has 5 nitrogen and oxygen atoms in total. The quantitative estimate of drug-likeness (QED) is 0.770. The van der Waals surface area contributed by atoms with Crippen molar-refractivity contribution in [3.05, 3.63) is 52.8 Å². The van der Waals surface area contributed by atoms with E-state index in [0.717, 1.165) is 5.56 Å². The van der Waals surface area contributed by atoms with Crippen LogP contribution in [0.15, 0.2) is 36.4 Å². The summed E-state index contributed by atoms with van der Waals surface area (Å²) in [6, 6.07) is 8.71. The third-order valence-electron chi connectivity index (χ3n) is 4.45. The lowest BCUT2D eigenvalue weighted by Gasteiger charge is -2.17. The highest BCUT2D eigenvalue weighted by Crippen LogP contribution is 2.48. The molecule has 0 aliphatic heterocycles. The number of methoxy groups -OCH3 is 1. The van der Waals surface area contributed by atoms with Crippen LogP contribution in [-0.4, -0.2) is 18.9 Å². The number of ether oxygens (including phenoxy) is 1. The van der Waals surface area contributed by atoms with Crippen molar-refractivity contribution < 1.29 is 18.7 Å². The second kappa shape index (κ2) is 6.96. The smallest absolute Gasteiger partial charge is 0.240 e. The van der Waals surface area contributed by atoms with Gasteiger partial charge >= 0.3 is 0 Å². The van der Waals surface area contributed by atoms with Crippen molar-refractivity contribution in [3.63, 3.8) is 0 Å². The molecule has 0 saturated heterocycles. The molecular weight excluding hydrogens is 359 g/mol. The second-order valence-corrected chi connectivity index (χ2v) is 6.71. The average molecular weight is 377 g/mol. The summed E-state index contributed by atoms with van der Waals surface area (Å²) in [6.45, 7) is 1.81. The number of hydrogen-bond acceptors (Lipinski definition) is 3. The van der Waals surface area contributed by atoms with E-state index in [9.17, 15) is 14.0 Å². The van der Waals surface area contributed by atoms with Crippen LogP contribution in [0.2, 0.25) is 5.02 Å². The zero-order chi connectivity index (χ0) is 18.9. The Morgan fingerprint density at radius 1 is 1.12 bits per heavy atom. The lowest BCUT2D eigenvalue weighted by molar-refractivity contribution is -0.131. The van der Waals surface area contributed by atoms with Gasteiger partial charge in [-0.15, -0.1) is 0 Å². The molecule has 0 heterocycles. The predicted octanol–water partition coefficient (Wildman–Crippen LogP) is 4.15. The minimum Gasteiger partial charge on any atom is -0.495 e. The summed E-state index contributed by atoms with van der Waals surface area (Å²) in [5.41, 5.74) is 0.548. The number of carbonyl (C=O) groups is 2. The number of anilines is 2. The molecule has 26 heavy (non-hydrogen) atoms. The van der Waals surface area contributed by atoms with E-state index in [1.165, 1.54) is 31.4 Å². The van der Waals surface area contributed by atoms with Crippen LogP contribution in [0.3, 0.4) is 0 Å². The van der Waals surface area contributed by atoms with Crippen molar-refractivity contribution in [2.24, 2.45) is 5.41 Å². The van der Waals surface area contributed by atoms with Gasteiger partial charge in [0.2, 0.25) is 11.8 Å². The first-order valence-electron chi connectivity index (χ1n) is 8.08. The predicted molar refractivity (Wildman–Crippen MR) is 98.1 cm³/mol. The molecule has 7 heteroatoms. The Hall–Kier alpha value is -2.60. The van der Waals surface area contributed by atoms with Gasteiger partial charge in [0.15, 0.2) is 0 Å². The van der Waals surface area contributed by atoms with E-state index in [1.54, 1.807) is 12.1 Å². The summed E-state index contributed by atoms with van der Waals surface area (Å²) in [6.07, 6.45) is 0.890. The van der Waals surface area contributed by atoms with Crippen LogP contribution in [0.25, 0.3) is 0 Å². The molecule has 1 fully saturated rings. The van der Waals surface area contributed by atoms with E-state index in [1.807, 2.05) is 6.92 Å². The standard InChI is InChI=1S/C19H18ClFN2O3/c1-11-9-15(16(26-2)10-14(11)20)23-18(25)19(7-8-19)17(24)22-13-5-3-12(21)4-6-13/h3-6,9-10H,7-8H2,1-2H3,(H,22,24)(H,23,25). The number of nitrogens with one attached hydrogen (secondary N) is 2. The summed E-state index contributed by atoms with van der Waals surface area (Å²) in [4.78, 5) is 25.3. The normalized spacial score (nSPS) is 14.5. The topological polar surface area (TPSA) is 67.4 Å². The third kappa shape index (κ3) is 3.51. The number of carbonyl (C=O) groups excluding carboxylic acids is 2. The van der Waals surface area contributed by atoms with Crippen molar-refractivity contribution in [1.82, 2.24) is 0 Å². The molecule has 0 unspecified atom stereocenters. The van der Waals surface area contributed by atoms with Crippen LogP contribution in [0.5, 0.6) is 5.75 Å². The summed E-state index contributed by atoms with van der Waals surface area (Å²) in [5.74, 6) is -0.792. The Morgan fingerprint density at radius 2 is 1.73 bits per heavy atom. The first kappa shape index (κ1) is 18.2. The monoisotopic (exact) mass is 376 g/mol. The van der Waals surface area contributed by atoms with Crippen LogP contribution in [0, 0.1) is 18.2 Å². The summed E-state index contributed by atoms with van der Waals surface area (Å²) < 4.78 is 18.2. The molecule has 0 bridgehead atoms. The van der Waals surface area contributed by atoms with Gasteiger partial charge in [0.05, 0.1) is 12.8 Å². The number of rotatable bonds is 5. The van der Waals surface area contributed by atoms with E-state index in [0.29, 0.717) is 35.0 Å². The second-order valence-electron chi connectivity index (χ2n) is 6.30. The Labute approximate surface area is 155 Å². The first-order valence-corrected chi connectivity index (χ1v) is 8.46. The zero-order valence-electron chi connectivity index (χ0n) is 14.4. The highest BCUT2D eigenvalue weighted by molar-refractivity contribution is 6.31. The van der Waals surface area contributed by atoms with Crippen LogP contribution >= 0.6 is 11.6 Å². The number of benzene rings is 2. The van der Waals surface area contributed by atoms with Crippen molar-refractivity contribution in [2.45, 2.75) is 19.8 Å². The Bertz CT molecular complexity index is 864. The molecule has 2 N–H and O–H groups in total. The van der Waals surface area contributed by atoms with Gasteiger partial charge in [-0.3, -0.25) is 9.59 Å². The van der Waals surface area contributed by atoms with E-state index in [2.05, 4.69) is 10.6 Å². The third-order valence-corrected chi connectivity index (χ3v) is 4.86. The largest absolute Gasteiger partial charge is 0.495 e. The van der Waals surface area contributed by atoms with Gasteiger partial charge < -0.3 is 15.4 Å². The summed E-state index contributed by atoms with van der Waals surface area (Å²) >= 11 is 6.07. The highest BCUT2D eigenvalue weighted by Gasteiger charge is 2.56. The molecule has 0 radical (unpaired) electrons. The van der Waals surface area contributed by atoms with Crippen molar-refractivity contribution in [3.8, 4) is 5.75 Å². The van der Waals surface area contributed by atoms with E-state index >= 15 is 0 Å². The number of amides is 2. The fraction of sp³-hybridized carbons (Fsp3) is 0.263. The van der Waals surface area contributed by atoms with E-state index in [-0.39, 0.29) is 0 Å². The van der Waals surface area contributed by atoms with Gasteiger partial charge in [-0.05, 0) is 55.7 Å². The summed E-state index contributed by atoms with van der Waals surface area (Å²) in [5, 5.41) is 5.96. The van der Waals surface area contributed by atoms with Crippen LogP contribution in [0.1, 0.15) is 18.4 Å². The SMILES string of the molecule is COc1cc(Cl)c(C)cc1NC(=O)C1(C(=O)Nc2ccc(F)cc2)CC1. The molecule has 1 aliphatic carbocycles. The summed E-state index contributed by atoms with van der Waals surface area (Å²) in [7, 11) is 1.48. The molecular formula is C19H18ClFN2O3. The first-order chi connectivity index (χ1) is 12.4. The lowest BCUT2D eigenvalue weighted by Crippen LogP contribution is -2.35. The highest BCUT2D eigenvalue weighted by atomic mass is 35.5. The Morgan fingerprint density at radius 3 is 2.31 bits per heavy atom. The fourth-order valence-corrected chi connectivity index (χ4v) is 2.79. The van der Waals surface area contributed by atoms with Crippen LogP contribution in [-0.2, 0) is 9.59 Å². The van der Waals surface area contributed by atoms with Crippen molar-refractivity contribution >= 4 is 34.8 Å². The van der Waals surface area contributed by atoms with Gasteiger partial charge in [-0.2, -0.15) is 0 Å². The number of hydrogen-bond donors (Lipinski definition) is 2. The van der Waals surface area contributed by atoms with Crippen molar-refractivity contribution in [1.29, 1.82) is 0 Å². The minimum absolute atomic E-state index is 0.396. The number of aryl methyl sites for hydroxylation is 1.